The Bertz CT molecular complexity index is 241. The number of ether oxygens (including phenoxy) is 1. The van der Waals surface area contributed by atoms with Crippen molar-refractivity contribution in [3.05, 3.63) is 23.3 Å². The Hall–Kier alpha value is -0.900. The molecule has 0 spiro atoms. The number of hydrogen-bond donors (Lipinski definition) is 0. The first-order chi connectivity index (χ1) is 5.81. The van der Waals surface area contributed by atoms with Crippen molar-refractivity contribution in [3.63, 3.8) is 0 Å². The molecule has 0 heterocycles. The van der Waals surface area contributed by atoms with E-state index in [0.717, 1.165) is 5.76 Å². The van der Waals surface area contributed by atoms with Crippen LogP contribution in [0.2, 0.25) is 0 Å². The van der Waals surface area contributed by atoms with Crippen LogP contribution < -0.4 is 0 Å². The molecule has 0 saturated carbocycles. The van der Waals surface area contributed by atoms with E-state index in [9.17, 15) is 0 Å². The van der Waals surface area contributed by atoms with Gasteiger partial charge in [0.25, 0.3) is 0 Å². The van der Waals surface area contributed by atoms with Gasteiger partial charge in [0.05, 0.1) is 0 Å². The Morgan fingerprint density at radius 3 is 2.23 bits per heavy atom. The summed E-state index contributed by atoms with van der Waals surface area (Å²) in [5.41, 5.74) is 5.79. The maximum atomic E-state index is 5.54. The van der Waals surface area contributed by atoms with E-state index in [4.69, 9.17) is 4.74 Å². The Labute approximate surface area is 81.8 Å². The number of rotatable bonds is 2. The monoisotopic (exact) mass is 180 g/mol. The molecule has 0 saturated heterocycles. The van der Waals surface area contributed by atoms with Gasteiger partial charge in [-0.05, 0) is 38.5 Å². The highest BCUT2D eigenvalue weighted by molar-refractivity contribution is 4.93. The molecule has 0 aromatic heterocycles. The molecular formula is C12H20O. The summed E-state index contributed by atoms with van der Waals surface area (Å²) in [5.74, 6) is 1.29. The summed E-state index contributed by atoms with van der Waals surface area (Å²) in [6.07, 6.45) is 1.97. The molecule has 0 rings (SSSR count). The zero-order valence-corrected chi connectivity index (χ0v) is 9.56. The van der Waals surface area contributed by atoms with E-state index in [0.29, 0.717) is 5.92 Å². The van der Waals surface area contributed by atoms with Gasteiger partial charge in [-0.3, -0.25) is 0 Å². The molecule has 0 N–H and O–H groups in total. The Morgan fingerprint density at radius 1 is 1.31 bits per heavy atom. The number of hydrogen-bond acceptors (Lipinski definition) is 1. The smallest absolute Gasteiger partial charge is 0.144 e. The van der Waals surface area contributed by atoms with Crippen LogP contribution in [0.25, 0.3) is 0 Å². The van der Waals surface area contributed by atoms with Gasteiger partial charge in [-0.25, -0.2) is 0 Å². The molecule has 0 atom stereocenters. The first kappa shape index (κ1) is 12.1. The van der Waals surface area contributed by atoms with Crippen molar-refractivity contribution in [1.82, 2.24) is 0 Å². The van der Waals surface area contributed by atoms with E-state index in [-0.39, 0.29) is 5.60 Å². The summed E-state index contributed by atoms with van der Waals surface area (Å²) in [4.78, 5) is 0. The Balaban J connectivity index is 4.42. The van der Waals surface area contributed by atoms with Gasteiger partial charge in [0.2, 0.25) is 0 Å². The molecule has 13 heavy (non-hydrogen) atoms. The molecule has 0 aliphatic heterocycles. The van der Waals surface area contributed by atoms with Crippen LogP contribution in [0.4, 0.5) is 0 Å². The molecule has 0 amide bonds. The van der Waals surface area contributed by atoms with Gasteiger partial charge >= 0.3 is 0 Å². The van der Waals surface area contributed by atoms with Gasteiger partial charge in [-0.1, -0.05) is 19.6 Å². The normalized spacial score (nSPS) is 10.4. The third kappa shape index (κ3) is 9.01. The van der Waals surface area contributed by atoms with E-state index in [1.165, 1.54) is 0 Å². The van der Waals surface area contributed by atoms with Crippen LogP contribution in [0.3, 0.4) is 0 Å². The zero-order valence-electron chi connectivity index (χ0n) is 9.56. The van der Waals surface area contributed by atoms with Gasteiger partial charge in [0.1, 0.15) is 11.4 Å². The number of allylic oxidation sites excluding steroid dienone is 2. The third-order valence-corrected chi connectivity index (χ3v) is 1.12. The highest BCUT2D eigenvalue weighted by atomic mass is 16.5. The minimum Gasteiger partial charge on any atom is -0.484 e. The maximum absolute atomic E-state index is 5.54. The summed E-state index contributed by atoms with van der Waals surface area (Å²) >= 11 is 0. The fraction of sp³-hybridized carbons (Fsp3) is 0.667. The lowest BCUT2D eigenvalue weighted by Gasteiger charge is -2.19. The van der Waals surface area contributed by atoms with Crippen molar-refractivity contribution in [1.29, 1.82) is 0 Å². The molecular weight excluding hydrogens is 160 g/mol. The molecule has 74 valence electrons. The summed E-state index contributed by atoms with van der Waals surface area (Å²) in [6.45, 7) is 12.2. The quantitative estimate of drug-likeness (QED) is 0.465. The van der Waals surface area contributed by atoms with E-state index >= 15 is 0 Å². The fourth-order valence-corrected chi connectivity index (χ4v) is 0.795. The molecule has 0 aromatic rings. The van der Waals surface area contributed by atoms with Crippen molar-refractivity contribution < 1.29 is 4.74 Å². The van der Waals surface area contributed by atoms with Gasteiger partial charge in [-0.2, -0.15) is 0 Å². The second kappa shape index (κ2) is 4.97. The second-order valence-electron chi connectivity index (χ2n) is 4.45. The molecule has 0 bridgehead atoms. The van der Waals surface area contributed by atoms with Crippen molar-refractivity contribution in [3.8, 4) is 0 Å². The van der Waals surface area contributed by atoms with Crippen molar-refractivity contribution in [2.75, 3.05) is 0 Å². The molecule has 0 fully saturated rings. The van der Waals surface area contributed by atoms with E-state index in [1.54, 1.807) is 0 Å². The summed E-state index contributed by atoms with van der Waals surface area (Å²) in [5, 5.41) is 0. The van der Waals surface area contributed by atoms with Crippen LogP contribution in [0.15, 0.2) is 23.3 Å². The highest BCUT2D eigenvalue weighted by Crippen LogP contribution is 2.11. The van der Waals surface area contributed by atoms with Gasteiger partial charge in [0, 0.05) is 6.92 Å². The second-order valence-corrected chi connectivity index (χ2v) is 4.45. The van der Waals surface area contributed by atoms with Crippen molar-refractivity contribution >= 4 is 0 Å². The summed E-state index contributed by atoms with van der Waals surface area (Å²) in [7, 11) is 0. The van der Waals surface area contributed by atoms with Crippen molar-refractivity contribution in [2.24, 2.45) is 5.92 Å². The minimum atomic E-state index is -0.142. The standard InChI is InChI=1S/C12H20O/c1-10(2)8-7-9-11(3)13-12(4,5)6/h8,10H,1-6H3. The molecule has 0 aromatic carbocycles. The summed E-state index contributed by atoms with van der Waals surface area (Å²) in [6, 6.07) is 0. The molecule has 0 unspecified atom stereocenters. The highest BCUT2D eigenvalue weighted by Gasteiger charge is 2.10. The van der Waals surface area contributed by atoms with Crippen LogP contribution in [0.5, 0.6) is 0 Å². The first-order valence-electron chi connectivity index (χ1n) is 4.68. The third-order valence-electron chi connectivity index (χ3n) is 1.12. The van der Waals surface area contributed by atoms with Gasteiger partial charge in [0.15, 0.2) is 0 Å². The average Bonchev–Trinajstić information content (AvgIpc) is 1.81. The average molecular weight is 180 g/mol. The molecule has 0 aliphatic rings. The lowest BCUT2D eigenvalue weighted by atomic mass is 10.2. The molecule has 0 radical (unpaired) electrons. The lowest BCUT2D eigenvalue weighted by molar-refractivity contribution is 0.0540. The van der Waals surface area contributed by atoms with Crippen LogP contribution in [-0.4, -0.2) is 5.60 Å². The predicted molar refractivity (Wildman–Crippen MR) is 56.5 cm³/mol. The largest absolute Gasteiger partial charge is 0.484 e. The molecule has 1 nitrogen and oxygen atoms in total. The van der Waals surface area contributed by atoms with Gasteiger partial charge < -0.3 is 4.74 Å². The Kier molecular flexibility index (Phi) is 4.62. The van der Waals surface area contributed by atoms with Crippen molar-refractivity contribution in [2.45, 2.75) is 47.1 Å². The molecule has 0 aliphatic carbocycles. The summed E-state index contributed by atoms with van der Waals surface area (Å²) < 4.78 is 5.54. The van der Waals surface area contributed by atoms with Crippen LogP contribution in [0.1, 0.15) is 41.5 Å². The predicted octanol–water partition coefficient (Wildman–Crippen LogP) is 3.67. The fourth-order valence-electron chi connectivity index (χ4n) is 0.795. The van der Waals surface area contributed by atoms with E-state index in [1.807, 2.05) is 33.8 Å². The zero-order chi connectivity index (χ0) is 10.5. The topological polar surface area (TPSA) is 9.23 Å². The Morgan fingerprint density at radius 2 is 1.85 bits per heavy atom. The maximum Gasteiger partial charge on any atom is 0.144 e. The van der Waals surface area contributed by atoms with Crippen LogP contribution in [0, 0.1) is 5.92 Å². The lowest BCUT2D eigenvalue weighted by Crippen LogP contribution is -2.17. The first-order valence-corrected chi connectivity index (χ1v) is 4.68. The van der Waals surface area contributed by atoms with Crippen LogP contribution >= 0.6 is 0 Å². The van der Waals surface area contributed by atoms with E-state index < -0.39 is 0 Å². The SMILES string of the molecule is CC(=C=C=CC(C)C)OC(C)(C)C. The van der Waals surface area contributed by atoms with E-state index in [2.05, 4.69) is 25.3 Å². The minimum absolute atomic E-state index is 0.142. The van der Waals surface area contributed by atoms with Gasteiger partial charge in [-0.15, -0.1) is 0 Å². The molecule has 1 heteroatoms. The van der Waals surface area contributed by atoms with Crippen LogP contribution in [-0.2, 0) is 4.74 Å².